The molecule has 1 aromatic carbocycles. The fraction of sp³-hybridized carbons (Fsp3) is 0.600. The number of likely N-dealkylation sites (tertiary alicyclic amines) is 1. The van der Waals surface area contributed by atoms with Gasteiger partial charge in [-0.3, -0.25) is 4.90 Å². The van der Waals surface area contributed by atoms with E-state index in [-0.39, 0.29) is 6.04 Å². The van der Waals surface area contributed by atoms with Gasteiger partial charge in [0, 0.05) is 19.2 Å². The highest BCUT2D eigenvalue weighted by atomic mass is 16.5. The molecule has 1 fully saturated rings. The van der Waals surface area contributed by atoms with E-state index in [1.807, 2.05) is 0 Å². The lowest BCUT2D eigenvalue weighted by molar-refractivity contribution is 0.135. The van der Waals surface area contributed by atoms with Gasteiger partial charge in [0.2, 0.25) is 0 Å². The third-order valence-electron chi connectivity index (χ3n) is 3.79. The third kappa shape index (κ3) is 2.91. The zero-order valence-corrected chi connectivity index (χ0v) is 11.4. The average molecular weight is 248 g/mol. The summed E-state index contributed by atoms with van der Waals surface area (Å²) in [6.45, 7) is 5.10. The Hall–Kier alpha value is -0.900. The van der Waals surface area contributed by atoms with Crippen LogP contribution >= 0.6 is 0 Å². The molecule has 3 nitrogen and oxygen atoms in total. The number of hydrogen-bond donors (Lipinski definition) is 1. The Balaban J connectivity index is 2.23. The van der Waals surface area contributed by atoms with E-state index in [4.69, 9.17) is 10.5 Å². The molecule has 0 aromatic heterocycles. The van der Waals surface area contributed by atoms with Gasteiger partial charge in [0.1, 0.15) is 0 Å². The van der Waals surface area contributed by atoms with Gasteiger partial charge in [-0.25, -0.2) is 0 Å². The number of rotatable bonds is 4. The zero-order chi connectivity index (χ0) is 13.0. The van der Waals surface area contributed by atoms with Crippen molar-refractivity contribution in [1.82, 2.24) is 4.90 Å². The second-order valence-electron chi connectivity index (χ2n) is 5.06. The van der Waals surface area contributed by atoms with Gasteiger partial charge in [0.25, 0.3) is 0 Å². The monoisotopic (exact) mass is 248 g/mol. The Morgan fingerprint density at radius 2 is 2.28 bits per heavy atom. The molecule has 1 heterocycles. The van der Waals surface area contributed by atoms with Crippen LogP contribution in [0.3, 0.4) is 0 Å². The van der Waals surface area contributed by atoms with Crippen LogP contribution in [-0.4, -0.2) is 31.1 Å². The number of nitrogens with zero attached hydrogens (tertiary/aromatic N) is 1. The standard InChI is InChI=1S/C15H24N2O/c1-3-17-9-5-8-14(16)15(17)13-7-4-6-12(10-13)11-18-2/h4,6-7,10,14-15H,3,5,8-9,11,16H2,1-2H3. The van der Waals surface area contributed by atoms with E-state index < -0.39 is 0 Å². The smallest absolute Gasteiger partial charge is 0.0713 e. The predicted molar refractivity (Wildman–Crippen MR) is 74.4 cm³/mol. The van der Waals surface area contributed by atoms with Gasteiger partial charge in [-0.15, -0.1) is 0 Å². The average Bonchev–Trinajstić information content (AvgIpc) is 2.39. The van der Waals surface area contributed by atoms with Gasteiger partial charge < -0.3 is 10.5 Å². The molecule has 2 rings (SSSR count). The molecule has 0 radical (unpaired) electrons. The Labute approximate surface area is 110 Å². The largest absolute Gasteiger partial charge is 0.380 e. The highest BCUT2D eigenvalue weighted by Gasteiger charge is 2.29. The number of ether oxygens (including phenoxy) is 1. The maximum Gasteiger partial charge on any atom is 0.0713 e. The van der Waals surface area contributed by atoms with Gasteiger partial charge in [0.05, 0.1) is 6.61 Å². The summed E-state index contributed by atoms with van der Waals surface area (Å²) in [4.78, 5) is 2.49. The summed E-state index contributed by atoms with van der Waals surface area (Å²) in [6.07, 6.45) is 2.33. The molecular weight excluding hydrogens is 224 g/mol. The Kier molecular flexibility index (Phi) is 4.75. The fourth-order valence-corrected chi connectivity index (χ4v) is 2.94. The van der Waals surface area contributed by atoms with Gasteiger partial charge in [0.15, 0.2) is 0 Å². The summed E-state index contributed by atoms with van der Waals surface area (Å²) in [5.41, 5.74) is 8.89. The summed E-state index contributed by atoms with van der Waals surface area (Å²) in [6, 6.07) is 9.26. The number of likely N-dealkylation sites (N-methyl/N-ethyl adjacent to an activating group) is 1. The first-order chi connectivity index (χ1) is 8.76. The molecule has 0 bridgehead atoms. The second-order valence-corrected chi connectivity index (χ2v) is 5.06. The minimum absolute atomic E-state index is 0.247. The second kappa shape index (κ2) is 6.32. The quantitative estimate of drug-likeness (QED) is 0.888. The lowest BCUT2D eigenvalue weighted by Gasteiger charge is -2.39. The fourth-order valence-electron chi connectivity index (χ4n) is 2.94. The summed E-state index contributed by atoms with van der Waals surface area (Å²) >= 11 is 0. The molecule has 0 amide bonds. The molecule has 1 aliphatic rings. The SMILES string of the molecule is CCN1CCCC(N)C1c1cccc(COC)c1. The number of methoxy groups -OCH3 is 1. The van der Waals surface area contributed by atoms with Crippen molar-refractivity contribution in [2.75, 3.05) is 20.2 Å². The van der Waals surface area contributed by atoms with E-state index in [0.717, 1.165) is 19.5 Å². The Morgan fingerprint density at radius 3 is 3.00 bits per heavy atom. The van der Waals surface area contributed by atoms with Gasteiger partial charge in [-0.1, -0.05) is 31.2 Å². The summed E-state index contributed by atoms with van der Waals surface area (Å²) in [7, 11) is 1.73. The maximum absolute atomic E-state index is 6.33. The van der Waals surface area contributed by atoms with Crippen molar-refractivity contribution in [1.29, 1.82) is 0 Å². The highest BCUT2D eigenvalue weighted by molar-refractivity contribution is 5.27. The minimum Gasteiger partial charge on any atom is -0.380 e. The molecule has 1 aliphatic heterocycles. The van der Waals surface area contributed by atoms with E-state index in [0.29, 0.717) is 12.6 Å². The van der Waals surface area contributed by atoms with Crippen LogP contribution in [0.4, 0.5) is 0 Å². The molecule has 18 heavy (non-hydrogen) atoms. The first-order valence-corrected chi connectivity index (χ1v) is 6.83. The van der Waals surface area contributed by atoms with Crippen LogP contribution in [0.5, 0.6) is 0 Å². The van der Waals surface area contributed by atoms with E-state index >= 15 is 0 Å². The van der Waals surface area contributed by atoms with Gasteiger partial charge in [-0.05, 0) is 37.1 Å². The lowest BCUT2D eigenvalue weighted by Crippen LogP contribution is -2.45. The number of benzene rings is 1. The predicted octanol–water partition coefficient (Wildman–Crippen LogP) is 2.32. The Morgan fingerprint density at radius 1 is 1.44 bits per heavy atom. The molecule has 2 atom stereocenters. The van der Waals surface area contributed by atoms with Crippen LogP contribution in [0.15, 0.2) is 24.3 Å². The molecule has 2 unspecified atom stereocenters. The van der Waals surface area contributed by atoms with Crippen LogP contribution in [0.2, 0.25) is 0 Å². The van der Waals surface area contributed by atoms with Gasteiger partial charge >= 0.3 is 0 Å². The van der Waals surface area contributed by atoms with Crippen LogP contribution < -0.4 is 5.73 Å². The molecular formula is C15H24N2O. The summed E-state index contributed by atoms with van der Waals surface area (Å²) in [5, 5.41) is 0. The van der Waals surface area contributed by atoms with Crippen molar-refractivity contribution in [3.05, 3.63) is 35.4 Å². The van der Waals surface area contributed by atoms with E-state index in [9.17, 15) is 0 Å². The van der Waals surface area contributed by atoms with Crippen LogP contribution in [0.1, 0.15) is 36.9 Å². The van der Waals surface area contributed by atoms with Crippen molar-refractivity contribution >= 4 is 0 Å². The first kappa shape index (κ1) is 13.5. The van der Waals surface area contributed by atoms with Crippen LogP contribution in [-0.2, 0) is 11.3 Å². The van der Waals surface area contributed by atoms with E-state index in [2.05, 4.69) is 36.1 Å². The highest BCUT2D eigenvalue weighted by Crippen LogP contribution is 2.30. The van der Waals surface area contributed by atoms with Gasteiger partial charge in [-0.2, -0.15) is 0 Å². The normalized spacial score (nSPS) is 25.3. The molecule has 1 saturated heterocycles. The van der Waals surface area contributed by atoms with Crippen molar-refractivity contribution in [3.63, 3.8) is 0 Å². The van der Waals surface area contributed by atoms with Crippen LogP contribution in [0.25, 0.3) is 0 Å². The van der Waals surface area contributed by atoms with Crippen molar-refractivity contribution in [2.45, 2.75) is 38.5 Å². The van der Waals surface area contributed by atoms with Crippen molar-refractivity contribution in [3.8, 4) is 0 Å². The number of nitrogens with two attached hydrogens (primary N) is 1. The number of piperidine rings is 1. The molecule has 3 heteroatoms. The van der Waals surface area contributed by atoms with Crippen LogP contribution in [0, 0.1) is 0 Å². The van der Waals surface area contributed by atoms with E-state index in [1.165, 1.54) is 17.5 Å². The summed E-state index contributed by atoms with van der Waals surface area (Å²) in [5.74, 6) is 0. The molecule has 0 aliphatic carbocycles. The molecule has 1 aromatic rings. The maximum atomic E-state index is 6.33. The zero-order valence-electron chi connectivity index (χ0n) is 11.4. The topological polar surface area (TPSA) is 38.5 Å². The first-order valence-electron chi connectivity index (χ1n) is 6.83. The van der Waals surface area contributed by atoms with Crippen molar-refractivity contribution < 1.29 is 4.74 Å². The van der Waals surface area contributed by atoms with Crippen molar-refractivity contribution in [2.24, 2.45) is 5.73 Å². The Bertz CT molecular complexity index is 381. The number of hydrogen-bond acceptors (Lipinski definition) is 3. The molecule has 2 N–H and O–H groups in total. The lowest BCUT2D eigenvalue weighted by atomic mass is 9.90. The molecule has 0 spiro atoms. The summed E-state index contributed by atoms with van der Waals surface area (Å²) < 4.78 is 5.21. The van der Waals surface area contributed by atoms with E-state index in [1.54, 1.807) is 7.11 Å². The minimum atomic E-state index is 0.247. The molecule has 0 saturated carbocycles. The molecule has 100 valence electrons. The third-order valence-corrected chi connectivity index (χ3v) is 3.79.